The standard InChI is InChI=1S/C18H27N5O/c1-3-23-17-8-5-4-7-15(17)16(20-23)13-19-18(24)14-22-10-6-9-21(2)11-12-22/h4-5,7-8H,3,6,9-14H2,1-2H3,(H,19,24). The van der Waals surface area contributed by atoms with Gasteiger partial charge in [0.25, 0.3) is 0 Å². The highest BCUT2D eigenvalue weighted by atomic mass is 16.2. The Hall–Kier alpha value is -1.92. The van der Waals surface area contributed by atoms with Gasteiger partial charge in [-0.1, -0.05) is 18.2 Å². The summed E-state index contributed by atoms with van der Waals surface area (Å²) in [5, 5.41) is 8.79. The first-order valence-corrected chi connectivity index (χ1v) is 8.79. The molecule has 2 heterocycles. The third-order valence-electron chi connectivity index (χ3n) is 4.67. The number of hydrogen-bond donors (Lipinski definition) is 1. The molecule has 1 N–H and O–H groups in total. The first-order valence-electron chi connectivity index (χ1n) is 8.79. The molecule has 1 aliphatic rings. The van der Waals surface area contributed by atoms with E-state index in [1.807, 2.05) is 16.8 Å². The minimum atomic E-state index is 0.0784. The molecule has 0 unspecified atom stereocenters. The highest BCUT2D eigenvalue weighted by molar-refractivity contribution is 5.83. The molecule has 0 spiro atoms. The molecule has 1 aromatic heterocycles. The highest BCUT2D eigenvalue weighted by Crippen LogP contribution is 2.18. The van der Waals surface area contributed by atoms with Crippen LogP contribution >= 0.6 is 0 Å². The number of carbonyl (C=O) groups is 1. The number of para-hydroxylation sites is 1. The average Bonchev–Trinajstić information content (AvgIpc) is 2.83. The molecular weight excluding hydrogens is 302 g/mol. The van der Waals surface area contributed by atoms with Crippen LogP contribution in [0.1, 0.15) is 19.0 Å². The predicted octanol–water partition coefficient (Wildman–Crippen LogP) is 1.31. The Morgan fingerprint density at radius 3 is 2.88 bits per heavy atom. The largest absolute Gasteiger partial charge is 0.349 e. The zero-order chi connectivity index (χ0) is 16.9. The Balaban J connectivity index is 1.58. The average molecular weight is 329 g/mol. The number of carbonyl (C=O) groups excluding carboxylic acids is 1. The second kappa shape index (κ2) is 7.77. The van der Waals surface area contributed by atoms with Gasteiger partial charge < -0.3 is 10.2 Å². The van der Waals surface area contributed by atoms with Crippen LogP contribution in [0.4, 0.5) is 0 Å². The van der Waals surface area contributed by atoms with Gasteiger partial charge in [0.1, 0.15) is 0 Å². The maximum Gasteiger partial charge on any atom is 0.234 e. The maximum absolute atomic E-state index is 12.3. The second-order valence-corrected chi connectivity index (χ2v) is 6.49. The summed E-state index contributed by atoms with van der Waals surface area (Å²) >= 11 is 0. The molecule has 0 aliphatic carbocycles. The Labute approximate surface area is 143 Å². The van der Waals surface area contributed by atoms with Crippen LogP contribution in [0.5, 0.6) is 0 Å². The summed E-state index contributed by atoms with van der Waals surface area (Å²) < 4.78 is 1.99. The summed E-state index contributed by atoms with van der Waals surface area (Å²) in [5.74, 6) is 0.0784. The molecule has 1 saturated heterocycles. The molecule has 6 heteroatoms. The summed E-state index contributed by atoms with van der Waals surface area (Å²) in [7, 11) is 2.14. The molecule has 0 bridgehead atoms. The highest BCUT2D eigenvalue weighted by Gasteiger charge is 2.16. The predicted molar refractivity (Wildman–Crippen MR) is 95.8 cm³/mol. The van der Waals surface area contributed by atoms with Gasteiger partial charge in [-0.3, -0.25) is 14.4 Å². The molecule has 0 radical (unpaired) electrons. The molecule has 0 atom stereocenters. The molecule has 3 rings (SSSR count). The van der Waals surface area contributed by atoms with Crippen LogP contribution < -0.4 is 5.32 Å². The topological polar surface area (TPSA) is 53.4 Å². The number of fused-ring (bicyclic) bond motifs is 1. The first-order chi connectivity index (χ1) is 11.7. The Kier molecular flexibility index (Phi) is 5.48. The molecule has 0 saturated carbocycles. The van der Waals surface area contributed by atoms with E-state index in [9.17, 15) is 4.79 Å². The summed E-state index contributed by atoms with van der Waals surface area (Å²) in [4.78, 5) is 16.8. The fraction of sp³-hybridized carbons (Fsp3) is 0.556. The van der Waals surface area contributed by atoms with Gasteiger partial charge in [-0.25, -0.2) is 0 Å². The summed E-state index contributed by atoms with van der Waals surface area (Å²) in [6.07, 6.45) is 1.12. The summed E-state index contributed by atoms with van der Waals surface area (Å²) in [6.45, 7) is 7.95. The maximum atomic E-state index is 12.3. The second-order valence-electron chi connectivity index (χ2n) is 6.49. The number of likely N-dealkylation sites (N-methyl/N-ethyl adjacent to an activating group) is 1. The lowest BCUT2D eigenvalue weighted by Gasteiger charge is -2.19. The monoisotopic (exact) mass is 329 g/mol. The minimum Gasteiger partial charge on any atom is -0.349 e. The SMILES string of the molecule is CCn1nc(CNC(=O)CN2CCCN(C)CC2)c2ccccc21. The quantitative estimate of drug-likeness (QED) is 0.899. The van der Waals surface area contributed by atoms with Gasteiger partial charge in [0.05, 0.1) is 24.3 Å². The van der Waals surface area contributed by atoms with Crippen molar-refractivity contribution >= 4 is 16.8 Å². The molecule has 130 valence electrons. The van der Waals surface area contributed by atoms with Crippen LogP contribution in [-0.2, 0) is 17.9 Å². The summed E-state index contributed by atoms with van der Waals surface area (Å²) in [5.41, 5.74) is 2.07. The Bertz CT molecular complexity index is 696. The van der Waals surface area contributed by atoms with Crippen molar-refractivity contribution in [3.05, 3.63) is 30.0 Å². The molecule has 6 nitrogen and oxygen atoms in total. The number of amides is 1. The smallest absolute Gasteiger partial charge is 0.234 e. The molecular formula is C18H27N5O. The van der Waals surface area contributed by atoms with Crippen molar-refractivity contribution in [2.75, 3.05) is 39.8 Å². The zero-order valence-electron chi connectivity index (χ0n) is 14.7. The van der Waals surface area contributed by atoms with Gasteiger partial charge in [0, 0.05) is 25.0 Å². The van der Waals surface area contributed by atoms with E-state index < -0.39 is 0 Å². The van der Waals surface area contributed by atoms with E-state index in [1.165, 1.54) is 0 Å². The van der Waals surface area contributed by atoms with Gasteiger partial charge in [-0.15, -0.1) is 0 Å². The van der Waals surface area contributed by atoms with Crippen LogP contribution in [0.25, 0.3) is 10.9 Å². The lowest BCUT2D eigenvalue weighted by molar-refractivity contribution is -0.122. The third kappa shape index (κ3) is 3.94. The Morgan fingerprint density at radius 1 is 1.21 bits per heavy atom. The van der Waals surface area contributed by atoms with E-state index in [0.717, 1.165) is 55.7 Å². The van der Waals surface area contributed by atoms with E-state index in [2.05, 4.69) is 46.3 Å². The third-order valence-corrected chi connectivity index (χ3v) is 4.67. The minimum absolute atomic E-state index is 0.0784. The van der Waals surface area contributed by atoms with Gasteiger partial charge in [-0.2, -0.15) is 5.10 Å². The van der Waals surface area contributed by atoms with Crippen molar-refractivity contribution in [1.29, 1.82) is 0 Å². The van der Waals surface area contributed by atoms with Gasteiger partial charge in [0.2, 0.25) is 5.91 Å². The number of rotatable bonds is 5. The van der Waals surface area contributed by atoms with Crippen molar-refractivity contribution in [3.63, 3.8) is 0 Å². The molecule has 1 aromatic carbocycles. The molecule has 2 aromatic rings. The van der Waals surface area contributed by atoms with Crippen LogP contribution in [0.3, 0.4) is 0 Å². The van der Waals surface area contributed by atoms with Gasteiger partial charge in [0.15, 0.2) is 0 Å². The van der Waals surface area contributed by atoms with E-state index in [4.69, 9.17) is 0 Å². The molecule has 24 heavy (non-hydrogen) atoms. The van der Waals surface area contributed by atoms with Crippen LogP contribution in [0, 0.1) is 0 Å². The van der Waals surface area contributed by atoms with Crippen LogP contribution in [0.2, 0.25) is 0 Å². The number of aryl methyl sites for hydroxylation is 1. The summed E-state index contributed by atoms with van der Waals surface area (Å²) in [6, 6.07) is 8.18. The number of hydrogen-bond acceptors (Lipinski definition) is 4. The normalized spacial score (nSPS) is 17.1. The zero-order valence-corrected chi connectivity index (χ0v) is 14.7. The number of nitrogens with zero attached hydrogens (tertiary/aromatic N) is 4. The van der Waals surface area contributed by atoms with E-state index in [-0.39, 0.29) is 5.91 Å². The lowest BCUT2D eigenvalue weighted by Crippen LogP contribution is -2.38. The molecule has 1 amide bonds. The van der Waals surface area contributed by atoms with E-state index in [1.54, 1.807) is 0 Å². The molecule has 1 fully saturated rings. The van der Waals surface area contributed by atoms with Crippen molar-refractivity contribution in [2.45, 2.75) is 26.4 Å². The van der Waals surface area contributed by atoms with E-state index >= 15 is 0 Å². The first kappa shape index (κ1) is 16.9. The Morgan fingerprint density at radius 2 is 2.04 bits per heavy atom. The van der Waals surface area contributed by atoms with Crippen molar-refractivity contribution in [3.8, 4) is 0 Å². The van der Waals surface area contributed by atoms with Crippen molar-refractivity contribution in [1.82, 2.24) is 24.9 Å². The number of aromatic nitrogens is 2. The number of benzene rings is 1. The van der Waals surface area contributed by atoms with Crippen molar-refractivity contribution < 1.29 is 4.79 Å². The van der Waals surface area contributed by atoms with Gasteiger partial charge in [-0.05, 0) is 39.5 Å². The fourth-order valence-corrected chi connectivity index (χ4v) is 3.27. The number of nitrogens with one attached hydrogen (secondary N) is 1. The van der Waals surface area contributed by atoms with E-state index in [0.29, 0.717) is 13.1 Å². The van der Waals surface area contributed by atoms with Crippen LogP contribution in [-0.4, -0.2) is 65.3 Å². The fourth-order valence-electron chi connectivity index (χ4n) is 3.27. The van der Waals surface area contributed by atoms with Crippen molar-refractivity contribution in [2.24, 2.45) is 0 Å². The van der Waals surface area contributed by atoms with Gasteiger partial charge >= 0.3 is 0 Å². The lowest BCUT2D eigenvalue weighted by atomic mass is 10.2. The van der Waals surface area contributed by atoms with Crippen LogP contribution in [0.15, 0.2) is 24.3 Å². The molecule has 1 aliphatic heterocycles.